The predicted octanol–water partition coefficient (Wildman–Crippen LogP) is 3.67. The van der Waals surface area contributed by atoms with Gasteiger partial charge in [-0.15, -0.1) is 11.3 Å². The smallest absolute Gasteiger partial charge is 0.329 e. The molecule has 21 heavy (non-hydrogen) atoms. The molecule has 6 heteroatoms. The first-order chi connectivity index (χ1) is 9.94. The Labute approximate surface area is 136 Å². The van der Waals surface area contributed by atoms with Crippen molar-refractivity contribution in [2.45, 2.75) is 38.1 Å². The van der Waals surface area contributed by atoms with Crippen LogP contribution in [-0.2, 0) is 9.59 Å². The second-order valence-corrected chi connectivity index (χ2v) is 7.88. The van der Waals surface area contributed by atoms with E-state index >= 15 is 0 Å². The predicted molar refractivity (Wildman–Crippen MR) is 87.2 cm³/mol. The Morgan fingerprint density at radius 1 is 1.48 bits per heavy atom. The average molecular weight is 372 g/mol. The second kappa shape index (κ2) is 6.75. The van der Waals surface area contributed by atoms with E-state index in [1.54, 1.807) is 6.08 Å². The zero-order valence-electron chi connectivity index (χ0n) is 11.8. The normalized spacial score (nSPS) is 25.9. The molecule has 1 aliphatic rings. The van der Waals surface area contributed by atoms with Crippen LogP contribution in [-0.4, -0.2) is 22.5 Å². The van der Waals surface area contributed by atoms with Crippen LogP contribution in [0.2, 0.25) is 0 Å². The van der Waals surface area contributed by atoms with Gasteiger partial charge >= 0.3 is 5.97 Å². The van der Waals surface area contributed by atoms with Crippen LogP contribution in [0.4, 0.5) is 0 Å². The van der Waals surface area contributed by atoms with Crippen LogP contribution < -0.4 is 5.32 Å². The number of halogens is 1. The Hall–Kier alpha value is -1.14. The van der Waals surface area contributed by atoms with E-state index in [2.05, 4.69) is 21.2 Å². The number of hydrogen-bond acceptors (Lipinski definition) is 3. The van der Waals surface area contributed by atoms with E-state index in [1.807, 2.05) is 19.1 Å². The molecule has 0 radical (unpaired) electrons. The zero-order chi connectivity index (χ0) is 15.5. The molecule has 1 heterocycles. The third-order valence-corrected chi connectivity index (χ3v) is 5.61. The molecule has 1 aliphatic carbocycles. The van der Waals surface area contributed by atoms with Crippen molar-refractivity contribution in [3.05, 3.63) is 26.9 Å². The molecule has 0 spiro atoms. The first-order valence-corrected chi connectivity index (χ1v) is 8.54. The molecule has 1 amide bonds. The van der Waals surface area contributed by atoms with E-state index in [-0.39, 0.29) is 11.8 Å². The lowest BCUT2D eigenvalue weighted by Crippen LogP contribution is -2.59. The molecule has 1 aromatic heterocycles. The Morgan fingerprint density at radius 2 is 2.24 bits per heavy atom. The molecule has 0 aromatic carbocycles. The van der Waals surface area contributed by atoms with Crippen molar-refractivity contribution in [3.63, 3.8) is 0 Å². The average Bonchev–Trinajstić information content (AvgIpc) is 2.85. The summed E-state index contributed by atoms with van der Waals surface area (Å²) in [6.07, 6.45) is 6.28. The minimum atomic E-state index is -1.13. The molecule has 2 rings (SSSR count). The van der Waals surface area contributed by atoms with Gasteiger partial charge in [0.1, 0.15) is 5.54 Å². The number of rotatable bonds is 4. The van der Waals surface area contributed by atoms with Crippen molar-refractivity contribution < 1.29 is 14.7 Å². The molecule has 0 saturated heterocycles. The van der Waals surface area contributed by atoms with E-state index in [0.717, 1.165) is 27.9 Å². The number of thiophene rings is 1. The fourth-order valence-electron chi connectivity index (χ4n) is 2.74. The monoisotopic (exact) mass is 371 g/mol. The molecular weight excluding hydrogens is 354 g/mol. The number of carbonyl (C=O) groups is 2. The van der Waals surface area contributed by atoms with Crippen molar-refractivity contribution >= 4 is 45.2 Å². The highest BCUT2D eigenvalue weighted by atomic mass is 79.9. The summed E-state index contributed by atoms with van der Waals surface area (Å²) in [4.78, 5) is 24.7. The summed E-state index contributed by atoms with van der Waals surface area (Å²) in [7, 11) is 0. The Morgan fingerprint density at radius 3 is 2.81 bits per heavy atom. The largest absolute Gasteiger partial charge is 0.479 e. The number of nitrogens with one attached hydrogen (secondary N) is 1. The number of carbonyl (C=O) groups excluding carboxylic acids is 1. The Balaban J connectivity index is 2.08. The molecule has 2 N–H and O–H groups in total. The summed E-state index contributed by atoms with van der Waals surface area (Å²) in [5.41, 5.74) is -1.13. The number of carboxylic acids is 1. The summed E-state index contributed by atoms with van der Waals surface area (Å²) in [5, 5.41) is 12.3. The zero-order valence-corrected chi connectivity index (χ0v) is 14.2. The molecular formula is C15H18BrNO3S. The molecule has 1 saturated carbocycles. The highest BCUT2D eigenvalue weighted by Crippen LogP contribution is 2.34. The van der Waals surface area contributed by atoms with Crippen molar-refractivity contribution in [2.75, 3.05) is 0 Å². The van der Waals surface area contributed by atoms with Gasteiger partial charge in [0, 0.05) is 11.0 Å². The topological polar surface area (TPSA) is 66.4 Å². The lowest BCUT2D eigenvalue weighted by atomic mass is 9.73. The second-order valence-electron chi connectivity index (χ2n) is 5.39. The standard InChI is InChI=1S/C15H18BrNO3S/c1-10-4-2-3-9-15(10,14(19)20)17-13(18)8-6-11-5-7-12(16)21-11/h5-8,10H,2-4,9H2,1H3,(H,17,18)(H,19,20). The van der Waals surface area contributed by atoms with Gasteiger partial charge in [0.25, 0.3) is 0 Å². The maximum atomic E-state index is 12.1. The van der Waals surface area contributed by atoms with Crippen LogP contribution >= 0.6 is 27.3 Å². The fraction of sp³-hybridized carbons (Fsp3) is 0.467. The summed E-state index contributed by atoms with van der Waals surface area (Å²) in [6.45, 7) is 1.90. The van der Waals surface area contributed by atoms with Crippen LogP contribution in [0.5, 0.6) is 0 Å². The molecule has 1 fully saturated rings. The van der Waals surface area contributed by atoms with Gasteiger partial charge in [0.05, 0.1) is 3.79 Å². The first kappa shape index (κ1) is 16.2. The van der Waals surface area contributed by atoms with E-state index < -0.39 is 11.5 Å². The van der Waals surface area contributed by atoms with Crippen LogP contribution in [0.15, 0.2) is 22.0 Å². The van der Waals surface area contributed by atoms with E-state index in [9.17, 15) is 14.7 Å². The molecule has 0 aliphatic heterocycles. The van der Waals surface area contributed by atoms with Crippen LogP contribution in [0.25, 0.3) is 6.08 Å². The van der Waals surface area contributed by atoms with Crippen LogP contribution in [0.1, 0.15) is 37.5 Å². The van der Waals surface area contributed by atoms with Crippen molar-refractivity contribution in [2.24, 2.45) is 5.92 Å². The summed E-state index contributed by atoms with van der Waals surface area (Å²) in [5.74, 6) is -1.34. The van der Waals surface area contributed by atoms with E-state index in [0.29, 0.717) is 6.42 Å². The molecule has 1 aromatic rings. The highest BCUT2D eigenvalue weighted by molar-refractivity contribution is 9.11. The lowest BCUT2D eigenvalue weighted by molar-refractivity contribution is -0.151. The molecule has 4 nitrogen and oxygen atoms in total. The van der Waals surface area contributed by atoms with Gasteiger partial charge in [0.2, 0.25) is 5.91 Å². The third-order valence-electron chi connectivity index (χ3n) is 4.02. The maximum absolute atomic E-state index is 12.1. The van der Waals surface area contributed by atoms with Crippen molar-refractivity contribution in [1.82, 2.24) is 5.32 Å². The van der Waals surface area contributed by atoms with Gasteiger partial charge in [-0.05, 0) is 52.9 Å². The summed E-state index contributed by atoms with van der Waals surface area (Å²) in [6, 6.07) is 3.80. The minimum absolute atomic E-state index is 0.0583. The van der Waals surface area contributed by atoms with Gasteiger partial charge in [-0.1, -0.05) is 19.8 Å². The number of aliphatic carboxylic acids is 1. The highest BCUT2D eigenvalue weighted by Gasteiger charge is 2.45. The van der Waals surface area contributed by atoms with Gasteiger partial charge in [0.15, 0.2) is 0 Å². The molecule has 2 atom stereocenters. The quantitative estimate of drug-likeness (QED) is 0.793. The minimum Gasteiger partial charge on any atom is -0.479 e. The van der Waals surface area contributed by atoms with Gasteiger partial charge in [-0.3, -0.25) is 4.79 Å². The molecule has 0 bridgehead atoms. The number of amides is 1. The Bertz CT molecular complexity index is 569. The lowest BCUT2D eigenvalue weighted by Gasteiger charge is -2.39. The number of hydrogen-bond donors (Lipinski definition) is 2. The Kier molecular flexibility index (Phi) is 5.22. The van der Waals surface area contributed by atoms with Gasteiger partial charge in [-0.25, -0.2) is 4.79 Å². The van der Waals surface area contributed by atoms with Crippen molar-refractivity contribution in [3.8, 4) is 0 Å². The maximum Gasteiger partial charge on any atom is 0.329 e. The third kappa shape index (κ3) is 3.74. The number of carboxylic acid groups (broad SMARTS) is 1. The SMILES string of the molecule is CC1CCCCC1(NC(=O)C=Cc1ccc(Br)s1)C(=O)O. The van der Waals surface area contributed by atoms with Crippen LogP contribution in [0.3, 0.4) is 0 Å². The molecule has 2 unspecified atom stereocenters. The molecule has 114 valence electrons. The fourth-order valence-corrected chi connectivity index (χ4v) is 4.07. The van der Waals surface area contributed by atoms with Gasteiger partial charge in [-0.2, -0.15) is 0 Å². The van der Waals surface area contributed by atoms with E-state index in [1.165, 1.54) is 17.4 Å². The summed E-state index contributed by atoms with van der Waals surface area (Å²) >= 11 is 4.88. The summed E-state index contributed by atoms with van der Waals surface area (Å²) < 4.78 is 0.991. The van der Waals surface area contributed by atoms with Gasteiger partial charge < -0.3 is 10.4 Å². The van der Waals surface area contributed by atoms with E-state index in [4.69, 9.17) is 0 Å². The van der Waals surface area contributed by atoms with Crippen LogP contribution in [0, 0.1) is 5.92 Å². The van der Waals surface area contributed by atoms with Crippen molar-refractivity contribution in [1.29, 1.82) is 0 Å². The first-order valence-electron chi connectivity index (χ1n) is 6.93.